The van der Waals surface area contributed by atoms with Crippen molar-refractivity contribution in [1.29, 1.82) is 0 Å². The van der Waals surface area contributed by atoms with Gasteiger partial charge in [0.2, 0.25) is 0 Å². The first-order valence-electron chi connectivity index (χ1n) is 8.09. The van der Waals surface area contributed by atoms with E-state index in [4.69, 9.17) is 4.74 Å². The largest absolute Gasteiger partial charge is 0.466 e. The summed E-state index contributed by atoms with van der Waals surface area (Å²) in [5.41, 5.74) is 0.239. The molecule has 122 valence electrons. The van der Waals surface area contributed by atoms with Crippen molar-refractivity contribution in [2.45, 2.75) is 62.2 Å². The topological polar surface area (TPSA) is 46.5 Å². The molecule has 2 rings (SSSR count). The second kappa shape index (κ2) is 7.51. The van der Waals surface area contributed by atoms with Crippen molar-refractivity contribution in [3.63, 3.8) is 0 Å². The fourth-order valence-electron chi connectivity index (χ4n) is 3.06. The number of carbonyl (C=O) groups is 1. The maximum atomic E-state index is 12.1. The molecule has 0 aromatic heterocycles. The van der Waals surface area contributed by atoms with E-state index in [2.05, 4.69) is 31.2 Å². The highest BCUT2D eigenvalue weighted by Gasteiger charge is 2.47. The van der Waals surface area contributed by atoms with Crippen LogP contribution in [0.3, 0.4) is 0 Å². The van der Waals surface area contributed by atoms with E-state index in [1.54, 1.807) is 25.6 Å². The lowest BCUT2D eigenvalue weighted by Crippen LogP contribution is -2.51. The van der Waals surface area contributed by atoms with Gasteiger partial charge in [-0.15, -0.1) is 11.8 Å². The summed E-state index contributed by atoms with van der Waals surface area (Å²) < 4.78 is 5.13. The molecule has 0 saturated heterocycles. The Bertz CT molecular complexity index is 500. The molecule has 1 saturated carbocycles. The Morgan fingerprint density at radius 3 is 2.73 bits per heavy atom. The second-order valence-corrected chi connectivity index (χ2v) is 7.41. The summed E-state index contributed by atoms with van der Waals surface area (Å²) >= 11 is 1.69. The van der Waals surface area contributed by atoms with Gasteiger partial charge in [0, 0.05) is 10.1 Å². The third-order valence-corrected chi connectivity index (χ3v) is 6.01. The monoisotopic (exact) mass is 322 g/mol. The second-order valence-electron chi connectivity index (χ2n) is 6.13. The molecular weight excluding hydrogens is 296 g/mol. The number of aryl methyl sites for hydroxylation is 1. The van der Waals surface area contributed by atoms with Gasteiger partial charge in [0.25, 0.3) is 0 Å². The molecule has 1 aliphatic carbocycles. The molecule has 0 bridgehead atoms. The normalized spacial score (nSPS) is 26.5. The van der Waals surface area contributed by atoms with Crippen molar-refractivity contribution in [2.24, 2.45) is 5.92 Å². The zero-order valence-corrected chi connectivity index (χ0v) is 14.5. The summed E-state index contributed by atoms with van der Waals surface area (Å²) in [6.07, 6.45) is 3.65. The fraction of sp³-hybridized carbons (Fsp3) is 0.611. The van der Waals surface area contributed by atoms with E-state index in [0.29, 0.717) is 13.0 Å². The lowest BCUT2D eigenvalue weighted by Gasteiger charge is -2.42. The quantitative estimate of drug-likeness (QED) is 0.834. The number of ether oxygens (including phenoxy) is 1. The van der Waals surface area contributed by atoms with Gasteiger partial charge in [-0.2, -0.15) is 0 Å². The van der Waals surface area contributed by atoms with Gasteiger partial charge >= 0.3 is 5.97 Å². The maximum absolute atomic E-state index is 12.1. The summed E-state index contributed by atoms with van der Waals surface area (Å²) in [5, 5.41) is 11.2. The predicted octanol–water partition coefficient (Wildman–Crippen LogP) is 3.96. The first-order chi connectivity index (χ1) is 10.5. The molecule has 0 radical (unpaired) electrons. The van der Waals surface area contributed by atoms with E-state index >= 15 is 0 Å². The average molecular weight is 322 g/mol. The molecule has 1 aromatic rings. The van der Waals surface area contributed by atoms with Crippen molar-refractivity contribution in [3.8, 4) is 0 Å². The standard InChI is InChI=1S/C18H26O3S/c1-4-21-17(19)14(3)18(20)12-6-5-7-16(18)22-15-10-8-13(2)9-11-15/h8-11,14,16,20H,4-7,12H2,1-3H3/t14-,16-,18-/m0/s1. The summed E-state index contributed by atoms with van der Waals surface area (Å²) in [6.45, 7) is 6.02. The zero-order chi connectivity index (χ0) is 16.2. The SMILES string of the molecule is CCOC(=O)[C@H](C)[C@@]1(O)CCCC[C@@H]1Sc1ccc(C)cc1. The predicted molar refractivity (Wildman–Crippen MR) is 90.0 cm³/mol. The molecule has 0 spiro atoms. The number of hydrogen-bond donors (Lipinski definition) is 1. The molecular formula is C18H26O3S. The number of rotatable bonds is 5. The molecule has 4 heteroatoms. The first kappa shape index (κ1) is 17.4. The van der Waals surface area contributed by atoms with Crippen LogP contribution in [0.15, 0.2) is 29.2 Å². The van der Waals surface area contributed by atoms with Gasteiger partial charge in [0.15, 0.2) is 0 Å². The lowest BCUT2D eigenvalue weighted by molar-refractivity contribution is -0.158. The highest BCUT2D eigenvalue weighted by Crippen LogP contribution is 2.44. The zero-order valence-electron chi connectivity index (χ0n) is 13.7. The van der Waals surface area contributed by atoms with E-state index in [-0.39, 0.29) is 11.2 Å². The molecule has 0 unspecified atom stereocenters. The van der Waals surface area contributed by atoms with Crippen molar-refractivity contribution in [2.75, 3.05) is 6.61 Å². The summed E-state index contributed by atoms with van der Waals surface area (Å²) in [5.74, 6) is -0.780. The smallest absolute Gasteiger partial charge is 0.311 e. The minimum atomic E-state index is -0.986. The van der Waals surface area contributed by atoms with Gasteiger partial charge < -0.3 is 9.84 Å². The number of hydrogen-bond acceptors (Lipinski definition) is 4. The van der Waals surface area contributed by atoms with E-state index in [0.717, 1.165) is 24.2 Å². The molecule has 1 aromatic carbocycles. The maximum Gasteiger partial charge on any atom is 0.311 e. The van der Waals surface area contributed by atoms with Crippen LogP contribution in [-0.2, 0) is 9.53 Å². The molecule has 1 N–H and O–H groups in total. The Balaban J connectivity index is 2.15. The Labute approximate surface area is 137 Å². The van der Waals surface area contributed by atoms with Crippen LogP contribution in [0.5, 0.6) is 0 Å². The molecule has 0 amide bonds. The van der Waals surface area contributed by atoms with E-state index < -0.39 is 11.5 Å². The molecule has 3 atom stereocenters. The van der Waals surface area contributed by atoms with Crippen LogP contribution in [0.25, 0.3) is 0 Å². The van der Waals surface area contributed by atoms with Crippen LogP contribution in [0.1, 0.15) is 45.1 Å². The van der Waals surface area contributed by atoms with Crippen molar-refractivity contribution in [3.05, 3.63) is 29.8 Å². The number of aliphatic hydroxyl groups is 1. The van der Waals surface area contributed by atoms with Gasteiger partial charge in [-0.3, -0.25) is 4.79 Å². The first-order valence-corrected chi connectivity index (χ1v) is 8.97. The molecule has 1 fully saturated rings. The lowest BCUT2D eigenvalue weighted by atomic mass is 9.76. The van der Waals surface area contributed by atoms with E-state index in [1.807, 2.05) is 0 Å². The molecule has 22 heavy (non-hydrogen) atoms. The van der Waals surface area contributed by atoms with Crippen LogP contribution in [0.4, 0.5) is 0 Å². The van der Waals surface area contributed by atoms with Crippen LogP contribution in [-0.4, -0.2) is 28.5 Å². The number of carbonyl (C=O) groups excluding carboxylic acids is 1. The Kier molecular flexibility index (Phi) is 5.93. The van der Waals surface area contributed by atoms with Crippen LogP contribution in [0, 0.1) is 12.8 Å². The highest BCUT2D eigenvalue weighted by molar-refractivity contribution is 8.00. The third-order valence-electron chi connectivity index (χ3n) is 4.54. The Hall–Kier alpha value is -1.00. The van der Waals surface area contributed by atoms with E-state index in [1.165, 1.54) is 5.56 Å². The summed E-state index contributed by atoms with van der Waals surface area (Å²) in [7, 11) is 0. The number of benzene rings is 1. The molecule has 0 heterocycles. The van der Waals surface area contributed by atoms with Crippen LogP contribution < -0.4 is 0 Å². The Morgan fingerprint density at radius 2 is 2.09 bits per heavy atom. The van der Waals surface area contributed by atoms with Gasteiger partial charge in [0.05, 0.1) is 18.1 Å². The van der Waals surface area contributed by atoms with Crippen molar-refractivity contribution < 1.29 is 14.6 Å². The minimum Gasteiger partial charge on any atom is -0.466 e. The van der Waals surface area contributed by atoms with Crippen molar-refractivity contribution in [1.82, 2.24) is 0 Å². The number of thioether (sulfide) groups is 1. The minimum absolute atomic E-state index is 0.0309. The van der Waals surface area contributed by atoms with E-state index in [9.17, 15) is 9.90 Å². The average Bonchev–Trinajstić information content (AvgIpc) is 2.51. The van der Waals surface area contributed by atoms with Gasteiger partial charge in [-0.1, -0.05) is 30.5 Å². The summed E-state index contributed by atoms with van der Waals surface area (Å²) in [4.78, 5) is 13.2. The Morgan fingerprint density at radius 1 is 1.41 bits per heavy atom. The molecule has 3 nitrogen and oxygen atoms in total. The van der Waals surface area contributed by atoms with Crippen LogP contribution >= 0.6 is 11.8 Å². The highest BCUT2D eigenvalue weighted by atomic mass is 32.2. The summed E-state index contributed by atoms with van der Waals surface area (Å²) in [6, 6.07) is 8.34. The van der Waals surface area contributed by atoms with Crippen LogP contribution in [0.2, 0.25) is 0 Å². The molecule has 0 aliphatic heterocycles. The number of esters is 1. The molecule has 1 aliphatic rings. The third kappa shape index (κ3) is 3.85. The van der Waals surface area contributed by atoms with Gasteiger partial charge in [0.1, 0.15) is 0 Å². The van der Waals surface area contributed by atoms with Gasteiger partial charge in [-0.25, -0.2) is 0 Å². The fourth-order valence-corrected chi connectivity index (χ4v) is 4.49. The van der Waals surface area contributed by atoms with Crippen molar-refractivity contribution >= 4 is 17.7 Å². The van der Waals surface area contributed by atoms with Gasteiger partial charge in [-0.05, 0) is 45.7 Å².